The van der Waals surface area contributed by atoms with Crippen LogP contribution in [0.5, 0.6) is 0 Å². The highest BCUT2D eigenvalue weighted by Crippen LogP contribution is 2.33. The minimum atomic E-state index is -0.605. The van der Waals surface area contributed by atoms with Crippen LogP contribution in [0.15, 0.2) is 24.3 Å². The van der Waals surface area contributed by atoms with Crippen LogP contribution in [0.2, 0.25) is 0 Å². The molecule has 24 heavy (non-hydrogen) atoms. The fourth-order valence-corrected chi connectivity index (χ4v) is 2.98. The Labute approximate surface area is 140 Å². The van der Waals surface area contributed by atoms with Gasteiger partial charge in [-0.05, 0) is 31.0 Å². The average Bonchev–Trinajstić information content (AvgIpc) is 2.89. The Morgan fingerprint density at radius 2 is 2.04 bits per heavy atom. The molecule has 0 bridgehead atoms. The molecule has 1 fully saturated rings. The number of hydrogen-bond donors (Lipinski definition) is 3. The lowest BCUT2D eigenvalue weighted by Crippen LogP contribution is -2.51. The number of amides is 3. The van der Waals surface area contributed by atoms with Gasteiger partial charge in [0, 0.05) is 17.5 Å². The molecule has 1 aliphatic rings. The van der Waals surface area contributed by atoms with Crippen LogP contribution >= 0.6 is 0 Å². The second-order valence-electron chi connectivity index (χ2n) is 5.98. The molecule has 1 aromatic carbocycles. The molecule has 1 saturated heterocycles. The fourth-order valence-electron chi connectivity index (χ4n) is 2.98. The fraction of sp³-hybridized carbons (Fsp3) is 0.471. The highest BCUT2D eigenvalue weighted by Gasteiger charge is 2.46. The number of benzene rings is 1. The highest BCUT2D eigenvalue weighted by atomic mass is 19.1. The van der Waals surface area contributed by atoms with E-state index in [1.807, 2.05) is 13.8 Å². The topological polar surface area (TPSA) is 87.3 Å². The monoisotopic (exact) mass is 335 g/mol. The van der Waals surface area contributed by atoms with E-state index in [-0.39, 0.29) is 23.4 Å². The van der Waals surface area contributed by atoms with Crippen LogP contribution in [0.1, 0.15) is 37.0 Å². The average molecular weight is 335 g/mol. The summed E-state index contributed by atoms with van der Waals surface area (Å²) < 4.78 is 13.1. The summed E-state index contributed by atoms with van der Waals surface area (Å²) in [6.45, 7) is 4.21. The van der Waals surface area contributed by atoms with Crippen molar-refractivity contribution in [1.29, 1.82) is 0 Å². The lowest BCUT2D eigenvalue weighted by atomic mass is 9.77. The molecule has 0 aliphatic carbocycles. The molecule has 2 rings (SSSR count). The number of carbonyl (C=O) groups excluding carboxylic acids is 3. The van der Waals surface area contributed by atoms with Gasteiger partial charge in [0.2, 0.25) is 11.8 Å². The van der Waals surface area contributed by atoms with E-state index in [4.69, 9.17) is 0 Å². The molecule has 1 aromatic rings. The standard InChI is InChI=1S/C17H22FN3O3/c1-3-17(4-2)10-20-16(24)14(17)21-13(22)9-19-15(23)11-6-5-7-12(18)8-11/h5-8,14H,3-4,9-10H2,1-2H3,(H,19,23)(H,20,24)(H,21,22). The quantitative estimate of drug-likeness (QED) is 0.724. The zero-order valence-electron chi connectivity index (χ0n) is 13.8. The Morgan fingerprint density at radius 1 is 1.33 bits per heavy atom. The van der Waals surface area contributed by atoms with Gasteiger partial charge in [-0.15, -0.1) is 0 Å². The van der Waals surface area contributed by atoms with E-state index in [9.17, 15) is 18.8 Å². The molecule has 1 atom stereocenters. The van der Waals surface area contributed by atoms with Crippen LogP contribution in [-0.4, -0.2) is 36.9 Å². The van der Waals surface area contributed by atoms with Crippen LogP contribution < -0.4 is 16.0 Å². The van der Waals surface area contributed by atoms with Crippen LogP contribution in [0, 0.1) is 11.2 Å². The van der Waals surface area contributed by atoms with Gasteiger partial charge in [-0.2, -0.15) is 0 Å². The summed E-state index contributed by atoms with van der Waals surface area (Å²) in [5, 5.41) is 7.91. The van der Waals surface area contributed by atoms with Crippen molar-refractivity contribution in [3.8, 4) is 0 Å². The van der Waals surface area contributed by atoms with Crippen molar-refractivity contribution < 1.29 is 18.8 Å². The third-order valence-electron chi connectivity index (χ3n) is 4.70. The Hall–Kier alpha value is -2.44. The smallest absolute Gasteiger partial charge is 0.251 e. The van der Waals surface area contributed by atoms with Crippen molar-refractivity contribution in [2.75, 3.05) is 13.1 Å². The summed E-state index contributed by atoms with van der Waals surface area (Å²) in [5.41, 5.74) is -0.169. The second kappa shape index (κ2) is 7.42. The number of halogens is 1. The van der Waals surface area contributed by atoms with Gasteiger partial charge in [0.15, 0.2) is 0 Å². The lowest BCUT2D eigenvalue weighted by molar-refractivity contribution is -0.128. The number of rotatable bonds is 6. The van der Waals surface area contributed by atoms with Crippen molar-refractivity contribution in [3.63, 3.8) is 0 Å². The first-order chi connectivity index (χ1) is 11.4. The highest BCUT2D eigenvalue weighted by molar-refractivity contribution is 5.97. The Morgan fingerprint density at radius 3 is 2.67 bits per heavy atom. The van der Waals surface area contributed by atoms with E-state index in [0.29, 0.717) is 6.54 Å². The summed E-state index contributed by atoms with van der Waals surface area (Å²) in [4.78, 5) is 36.0. The normalized spacial score (nSPS) is 18.8. The van der Waals surface area contributed by atoms with E-state index in [2.05, 4.69) is 16.0 Å². The van der Waals surface area contributed by atoms with E-state index in [0.717, 1.165) is 18.9 Å². The molecule has 3 amide bonds. The van der Waals surface area contributed by atoms with Gasteiger partial charge in [0.25, 0.3) is 5.91 Å². The minimum Gasteiger partial charge on any atom is -0.354 e. The SMILES string of the molecule is CCC1(CC)CNC(=O)C1NC(=O)CNC(=O)c1cccc(F)c1. The van der Waals surface area contributed by atoms with E-state index < -0.39 is 23.7 Å². The Kier molecular flexibility index (Phi) is 5.54. The van der Waals surface area contributed by atoms with E-state index in [1.165, 1.54) is 18.2 Å². The van der Waals surface area contributed by atoms with E-state index in [1.54, 1.807) is 0 Å². The molecule has 0 radical (unpaired) electrons. The molecule has 0 saturated carbocycles. The summed E-state index contributed by atoms with van der Waals surface area (Å²) >= 11 is 0. The predicted octanol–water partition coefficient (Wildman–Crippen LogP) is 0.977. The van der Waals surface area contributed by atoms with Gasteiger partial charge in [0.1, 0.15) is 11.9 Å². The van der Waals surface area contributed by atoms with Crippen molar-refractivity contribution in [2.24, 2.45) is 5.41 Å². The van der Waals surface area contributed by atoms with Gasteiger partial charge in [-0.25, -0.2) is 4.39 Å². The third kappa shape index (κ3) is 3.72. The Balaban J connectivity index is 1.93. The first kappa shape index (κ1) is 17.9. The molecule has 3 N–H and O–H groups in total. The van der Waals surface area contributed by atoms with Gasteiger partial charge in [-0.1, -0.05) is 19.9 Å². The molecular formula is C17H22FN3O3. The van der Waals surface area contributed by atoms with Gasteiger partial charge >= 0.3 is 0 Å². The summed E-state index contributed by atoms with van der Waals surface area (Å²) in [6.07, 6.45) is 1.51. The van der Waals surface area contributed by atoms with Crippen LogP contribution in [0.25, 0.3) is 0 Å². The van der Waals surface area contributed by atoms with Crippen LogP contribution in [0.3, 0.4) is 0 Å². The van der Waals surface area contributed by atoms with Crippen molar-refractivity contribution in [2.45, 2.75) is 32.7 Å². The number of nitrogens with one attached hydrogen (secondary N) is 3. The summed E-state index contributed by atoms with van der Waals surface area (Å²) in [6, 6.07) is 4.60. The van der Waals surface area contributed by atoms with Crippen molar-refractivity contribution >= 4 is 17.7 Å². The zero-order valence-corrected chi connectivity index (χ0v) is 13.8. The maximum absolute atomic E-state index is 13.1. The molecule has 1 aliphatic heterocycles. The van der Waals surface area contributed by atoms with Crippen molar-refractivity contribution in [3.05, 3.63) is 35.6 Å². The third-order valence-corrected chi connectivity index (χ3v) is 4.70. The predicted molar refractivity (Wildman–Crippen MR) is 86.7 cm³/mol. The first-order valence-corrected chi connectivity index (χ1v) is 8.02. The second-order valence-corrected chi connectivity index (χ2v) is 5.98. The van der Waals surface area contributed by atoms with Crippen LogP contribution in [0.4, 0.5) is 4.39 Å². The van der Waals surface area contributed by atoms with Crippen molar-refractivity contribution in [1.82, 2.24) is 16.0 Å². The number of hydrogen-bond acceptors (Lipinski definition) is 3. The molecular weight excluding hydrogens is 313 g/mol. The summed E-state index contributed by atoms with van der Waals surface area (Å²) in [5.74, 6) is -1.72. The molecule has 0 aromatic heterocycles. The van der Waals surface area contributed by atoms with Gasteiger partial charge in [0.05, 0.1) is 6.54 Å². The first-order valence-electron chi connectivity index (χ1n) is 8.02. The lowest BCUT2D eigenvalue weighted by Gasteiger charge is -2.31. The molecule has 130 valence electrons. The van der Waals surface area contributed by atoms with Crippen LogP contribution in [-0.2, 0) is 9.59 Å². The summed E-state index contributed by atoms with van der Waals surface area (Å²) in [7, 11) is 0. The maximum Gasteiger partial charge on any atom is 0.251 e. The number of carbonyl (C=O) groups is 3. The Bertz CT molecular complexity index is 644. The molecule has 7 heteroatoms. The zero-order chi connectivity index (χ0) is 17.7. The molecule has 6 nitrogen and oxygen atoms in total. The molecule has 0 spiro atoms. The minimum absolute atomic E-state index is 0.137. The molecule has 1 heterocycles. The van der Waals surface area contributed by atoms with E-state index >= 15 is 0 Å². The maximum atomic E-state index is 13.1. The molecule has 1 unspecified atom stereocenters. The van der Waals surface area contributed by atoms with Gasteiger partial charge < -0.3 is 16.0 Å². The van der Waals surface area contributed by atoms with Gasteiger partial charge in [-0.3, -0.25) is 14.4 Å². The largest absolute Gasteiger partial charge is 0.354 e.